The average Bonchev–Trinajstić information content (AvgIpc) is 2.73. The Balaban J connectivity index is 1.34. The van der Waals surface area contributed by atoms with Gasteiger partial charge in [0.2, 0.25) is 5.95 Å². The minimum Gasteiger partial charge on any atom is -0.355 e. The number of nitriles is 1. The number of anilines is 2. The quantitative estimate of drug-likeness (QED) is 0.568. The molecule has 0 bridgehead atoms. The van der Waals surface area contributed by atoms with Gasteiger partial charge in [-0.1, -0.05) is 23.2 Å². The van der Waals surface area contributed by atoms with Gasteiger partial charge in [0, 0.05) is 60.8 Å². The van der Waals surface area contributed by atoms with Gasteiger partial charge in [-0.05, 0) is 31.0 Å². The molecule has 0 aliphatic carbocycles. The first-order valence-corrected chi connectivity index (χ1v) is 10.7. The number of halogens is 2. The predicted molar refractivity (Wildman–Crippen MR) is 117 cm³/mol. The van der Waals surface area contributed by atoms with E-state index in [1.807, 2.05) is 6.07 Å². The third-order valence-corrected chi connectivity index (χ3v) is 6.36. The third kappa shape index (κ3) is 3.51. The van der Waals surface area contributed by atoms with Gasteiger partial charge in [0.1, 0.15) is 5.15 Å². The standard InChI is InChI=1S/C21H19Cl2N7/c22-15-1-2-16-17(9-15)27-21(28-19(16)23)30-11-14(12-30)18-20(26-6-5-25-18)29-7-3-13(10-24)4-8-29/h1-2,5-6,9,13-14H,3-4,7-8,11-12H2. The van der Waals surface area contributed by atoms with Gasteiger partial charge in [-0.2, -0.15) is 5.26 Å². The zero-order valence-corrected chi connectivity index (χ0v) is 17.7. The number of nitrogens with zero attached hydrogens (tertiary/aromatic N) is 7. The molecule has 2 aliphatic heterocycles. The van der Waals surface area contributed by atoms with Crippen molar-refractivity contribution in [3.05, 3.63) is 46.5 Å². The number of benzene rings is 1. The molecular weight excluding hydrogens is 421 g/mol. The van der Waals surface area contributed by atoms with Crippen molar-refractivity contribution in [2.45, 2.75) is 18.8 Å². The van der Waals surface area contributed by atoms with Crippen LogP contribution in [0.4, 0.5) is 11.8 Å². The fourth-order valence-corrected chi connectivity index (χ4v) is 4.50. The van der Waals surface area contributed by atoms with Crippen molar-refractivity contribution < 1.29 is 0 Å². The summed E-state index contributed by atoms with van der Waals surface area (Å²) >= 11 is 12.5. The fraction of sp³-hybridized carbons (Fsp3) is 0.381. The Kier molecular flexibility index (Phi) is 5.05. The second kappa shape index (κ2) is 7.86. The number of hydrogen-bond acceptors (Lipinski definition) is 7. The summed E-state index contributed by atoms with van der Waals surface area (Å²) in [5.74, 6) is 1.93. The highest BCUT2D eigenvalue weighted by atomic mass is 35.5. The zero-order valence-electron chi connectivity index (χ0n) is 16.2. The predicted octanol–water partition coefficient (Wildman–Crippen LogP) is 4.07. The van der Waals surface area contributed by atoms with Gasteiger partial charge in [0.05, 0.1) is 17.3 Å². The molecule has 0 radical (unpaired) electrons. The molecular formula is C21H19Cl2N7. The van der Waals surface area contributed by atoms with E-state index in [9.17, 15) is 0 Å². The Bertz CT molecular complexity index is 1130. The van der Waals surface area contributed by atoms with Gasteiger partial charge in [0.15, 0.2) is 5.82 Å². The lowest BCUT2D eigenvalue weighted by atomic mass is 9.94. The highest BCUT2D eigenvalue weighted by molar-refractivity contribution is 6.35. The van der Waals surface area contributed by atoms with Crippen LogP contribution in [0.5, 0.6) is 0 Å². The van der Waals surface area contributed by atoms with E-state index in [4.69, 9.17) is 28.5 Å². The molecule has 2 aliphatic rings. The second-order valence-electron chi connectivity index (χ2n) is 7.73. The van der Waals surface area contributed by atoms with Crippen LogP contribution in [-0.4, -0.2) is 46.1 Å². The van der Waals surface area contributed by atoms with E-state index in [0.717, 1.165) is 61.4 Å². The van der Waals surface area contributed by atoms with E-state index in [0.29, 0.717) is 16.1 Å². The maximum absolute atomic E-state index is 9.15. The zero-order chi connectivity index (χ0) is 20.7. The van der Waals surface area contributed by atoms with E-state index in [1.165, 1.54) is 0 Å². The van der Waals surface area contributed by atoms with Gasteiger partial charge in [-0.15, -0.1) is 0 Å². The van der Waals surface area contributed by atoms with Crippen molar-refractivity contribution >= 4 is 45.9 Å². The van der Waals surface area contributed by atoms with Crippen molar-refractivity contribution in [3.63, 3.8) is 0 Å². The summed E-state index contributed by atoms with van der Waals surface area (Å²) in [5.41, 5.74) is 1.74. The monoisotopic (exact) mass is 439 g/mol. The Hall–Kier alpha value is -2.69. The summed E-state index contributed by atoms with van der Waals surface area (Å²) in [4.78, 5) is 22.7. The van der Waals surface area contributed by atoms with Crippen LogP contribution in [0.2, 0.25) is 10.2 Å². The maximum atomic E-state index is 9.15. The summed E-state index contributed by atoms with van der Waals surface area (Å²) in [6, 6.07) is 7.80. The Labute approximate surface area is 184 Å². The van der Waals surface area contributed by atoms with Crippen LogP contribution in [-0.2, 0) is 0 Å². The maximum Gasteiger partial charge on any atom is 0.227 e. The molecule has 2 fully saturated rings. The molecule has 0 N–H and O–H groups in total. The molecule has 0 atom stereocenters. The van der Waals surface area contributed by atoms with Crippen molar-refractivity contribution in [2.24, 2.45) is 5.92 Å². The summed E-state index contributed by atoms with van der Waals surface area (Å²) in [6.45, 7) is 3.18. The van der Waals surface area contributed by atoms with Crippen LogP contribution in [0.25, 0.3) is 10.9 Å². The second-order valence-corrected chi connectivity index (χ2v) is 8.53. The molecule has 3 aromatic rings. The van der Waals surface area contributed by atoms with Crippen molar-refractivity contribution in [1.29, 1.82) is 5.26 Å². The van der Waals surface area contributed by atoms with Crippen LogP contribution in [0, 0.1) is 17.2 Å². The number of hydrogen-bond donors (Lipinski definition) is 0. The van der Waals surface area contributed by atoms with E-state index >= 15 is 0 Å². The fourth-order valence-electron chi connectivity index (χ4n) is 4.10. The Morgan fingerprint density at radius 3 is 2.53 bits per heavy atom. The highest BCUT2D eigenvalue weighted by Crippen LogP contribution is 2.35. The van der Waals surface area contributed by atoms with Gasteiger partial charge in [-0.3, -0.25) is 4.98 Å². The average molecular weight is 440 g/mol. The Morgan fingerprint density at radius 2 is 1.77 bits per heavy atom. The van der Waals surface area contributed by atoms with Crippen molar-refractivity contribution in [3.8, 4) is 6.07 Å². The van der Waals surface area contributed by atoms with Gasteiger partial charge in [0.25, 0.3) is 0 Å². The van der Waals surface area contributed by atoms with Crippen molar-refractivity contribution in [2.75, 3.05) is 36.0 Å². The summed E-state index contributed by atoms with van der Waals surface area (Å²) in [5, 5.41) is 11.0. The van der Waals surface area contributed by atoms with Crippen LogP contribution in [0.3, 0.4) is 0 Å². The molecule has 152 valence electrons. The van der Waals surface area contributed by atoms with E-state index < -0.39 is 0 Å². The van der Waals surface area contributed by atoms with Gasteiger partial charge >= 0.3 is 0 Å². The minimum absolute atomic E-state index is 0.142. The molecule has 5 rings (SSSR count). The molecule has 4 heterocycles. The smallest absolute Gasteiger partial charge is 0.227 e. The molecule has 0 saturated carbocycles. The molecule has 2 aromatic heterocycles. The van der Waals surface area contributed by atoms with Gasteiger partial charge in [-0.25, -0.2) is 15.0 Å². The summed E-state index contributed by atoms with van der Waals surface area (Å²) < 4.78 is 0. The van der Waals surface area contributed by atoms with Crippen LogP contribution < -0.4 is 9.80 Å². The van der Waals surface area contributed by atoms with Crippen molar-refractivity contribution in [1.82, 2.24) is 19.9 Å². The molecule has 0 unspecified atom stereocenters. The molecule has 7 nitrogen and oxygen atoms in total. The summed E-state index contributed by atoms with van der Waals surface area (Å²) in [7, 11) is 0. The van der Waals surface area contributed by atoms with Crippen LogP contribution in [0.15, 0.2) is 30.6 Å². The molecule has 9 heteroatoms. The first-order chi connectivity index (χ1) is 14.6. The Morgan fingerprint density at radius 1 is 1.00 bits per heavy atom. The lowest BCUT2D eigenvalue weighted by molar-refractivity contribution is 0.472. The van der Waals surface area contributed by atoms with Crippen LogP contribution >= 0.6 is 23.2 Å². The lowest BCUT2D eigenvalue weighted by Crippen LogP contribution is -2.47. The summed E-state index contributed by atoms with van der Waals surface area (Å²) in [6.07, 6.45) is 5.22. The lowest BCUT2D eigenvalue weighted by Gasteiger charge is -2.40. The molecule has 0 spiro atoms. The minimum atomic E-state index is 0.142. The number of fused-ring (bicyclic) bond motifs is 1. The van der Waals surface area contributed by atoms with Gasteiger partial charge < -0.3 is 9.80 Å². The topological polar surface area (TPSA) is 81.8 Å². The van der Waals surface area contributed by atoms with E-state index in [1.54, 1.807) is 24.5 Å². The highest BCUT2D eigenvalue weighted by Gasteiger charge is 2.35. The molecule has 2 saturated heterocycles. The normalized spacial score (nSPS) is 17.8. The van der Waals surface area contributed by atoms with Crippen LogP contribution in [0.1, 0.15) is 24.5 Å². The number of rotatable bonds is 3. The molecule has 30 heavy (non-hydrogen) atoms. The number of aromatic nitrogens is 4. The third-order valence-electron chi connectivity index (χ3n) is 5.84. The molecule has 1 aromatic carbocycles. The first kappa shape index (κ1) is 19.3. The SMILES string of the molecule is N#CC1CCN(c2nccnc2C2CN(c3nc(Cl)c4ccc(Cl)cc4n3)C2)CC1. The first-order valence-electron chi connectivity index (χ1n) is 9.95. The number of piperidine rings is 1. The van der Waals surface area contributed by atoms with E-state index in [2.05, 4.69) is 35.8 Å². The largest absolute Gasteiger partial charge is 0.355 e. The molecule has 0 amide bonds. The van der Waals surface area contributed by atoms with E-state index in [-0.39, 0.29) is 11.8 Å².